The van der Waals surface area contributed by atoms with Crippen LogP contribution in [-0.2, 0) is 16.6 Å². The van der Waals surface area contributed by atoms with E-state index >= 15 is 0 Å². The third kappa shape index (κ3) is 5.33. The van der Waals surface area contributed by atoms with Crippen molar-refractivity contribution in [1.82, 2.24) is 0 Å². The molecule has 0 aromatic heterocycles. The van der Waals surface area contributed by atoms with Gasteiger partial charge in [0, 0.05) is 18.8 Å². The lowest BCUT2D eigenvalue weighted by Crippen LogP contribution is -2.30. The first-order chi connectivity index (χ1) is 15.3. The van der Waals surface area contributed by atoms with Gasteiger partial charge in [-0.1, -0.05) is 55.8 Å². The van der Waals surface area contributed by atoms with E-state index < -0.39 is 10.0 Å². The van der Waals surface area contributed by atoms with Crippen LogP contribution in [0.4, 0.5) is 11.4 Å². The van der Waals surface area contributed by atoms with Gasteiger partial charge in [-0.2, -0.15) is 0 Å². The van der Waals surface area contributed by atoms with Crippen molar-refractivity contribution in [2.24, 2.45) is 0 Å². The van der Waals surface area contributed by atoms with Crippen molar-refractivity contribution in [2.75, 3.05) is 22.3 Å². The predicted octanol–water partition coefficient (Wildman–Crippen LogP) is 6.36. The molecule has 0 saturated carbocycles. The maximum absolute atomic E-state index is 13.7. The summed E-state index contributed by atoms with van der Waals surface area (Å²) < 4.78 is 28.9. The van der Waals surface area contributed by atoms with Gasteiger partial charge in [-0.25, -0.2) is 8.42 Å². The van der Waals surface area contributed by atoms with Crippen LogP contribution in [-0.4, -0.2) is 21.5 Å². The van der Waals surface area contributed by atoms with Crippen molar-refractivity contribution in [2.45, 2.75) is 52.0 Å². The Kier molecular flexibility index (Phi) is 7.62. The third-order valence-electron chi connectivity index (χ3n) is 5.85. The molecule has 3 aromatic carbocycles. The Balaban J connectivity index is 1.98. The average Bonchev–Trinajstić information content (AvgIpc) is 2.80. The van der Waals surface area contributed by atoms with Crippen molar-refractivity contribution < 1.29 is 8.42 Å². The molecule has 3 rings (SSSR count). The second-order valence-electron chi connectivity index (χ2n) is 8.41. The minimum absolute atomic E-state index is 0.274. The zero-order valence-corrected chi connectivity index (χ0v) is 20.6. The van der Waals surface area contributed by atoms with Crippen LogP contribution in [0.1, 0.15) is 50.3 Å². The SMILES string of the molecule is CCN(CC)c1ccc(CN(c2ccc(C)cc2)S(=O)(=O)c2ccc(C(C)C)cc2)cc1. The van der Waals surface area contributed by atoms with Gasteiger partial charge in [-0.05, 0) is 74.2 Å². The Labute approximate surface area is 193 Å². The summed E-state index contributed by atoms with van der Waals surface area (Å²) in [7, 11) is -3.72. The van der Waals surface area contributed by atoms with E-state index in [0.29, 0.717) is 16.5 Å². The molecule has 0 saturated heterocycles. The van der Waals surface area contributed by atoms with Crippen LogP contribution in [0.15, 0.2) is 77.7 Å². The van der Waals surface area contributed by atoms with Crippen molar-refractivity contribution in [3.05, 3.63) is 89.5 Å². The van der Waals surface area contributed by atoms with E-state index in [2.05, 4.69) is 44.7 Å². The van der Waals surface area contributed by atoms with Crippen LogP contribution in [0.3, 0.4) is 0 Å². The summed E-state index contributed by atoms with van der Waals surface area (Å²) in [6, 6.07) is 23.1. The molecular formula is C27H34N2O2S. The molecule has 32 heavy (non-hydrogen) atoms. The van der Waals surface area contributed by atoms with Crippen LogP contribution < -0.4 is 9.21 Å². The molecule has 4 nitrogen and oxygen atoms in total. The van der Waals surface area contributed by atoms with Gasteiger partial charge in [0.15, 0.2) is 0 Å². The second kappa shape index (κ2) is 10.2. The van der Waals surface area contributed by atoms with E-state index in [9.17, 15) is 8.42 Å². The summed E-state index contributed by atoms with van der Waals surface area (Å²) in [5.74, 6) is 0.351. The normalized spacial score (nSPS) is 11.6. The summed E-state index contributed by atoms with van der Waals surface area (Å²) in [4.78, 5) is 2.58. The summed E-state index contributed by atoms with van der Waals surface area (Å²) in [5, 5.41) is 0. The molecule has 0 radical (unpaired) electrons. The Bertz CT molecular complexity index is 1100. The van der Waals surface area contributed by atoms with Gasteiger partial charge in [-0.15, -0.1) is 0 Å². The van der Waals surface area contributed by atoms with E-state index in [1.807, 2.05) is 55.5 Å². The molecule has 0 atom stereocenters. The van der Waals surface area contributed by atoms with Crippen LogP contribution >= 0.6 is 0 Å². The number of aryl methyl sites for hydroxylation is 1. The smallest absolute Gasteiger partial charge is 0.264 e. The zero-order chi connectivity index (χ0) is 23.3. The lowest BCUT2D eigenvalue weighted by atomic mass is 10.0. The van der Waals surface area contributed by atoms with Gasteiger partial charge < -0.3 is 4.90 Å². The van der Waals surface area contributed by atoms with Crippen LogP contribution in [0, 0.1) is 6.92 Å². The van der Waals surface area contributed by atoms with Crippen LogP contribution in [0.5, 0.6) is 0 Å². The topological polar surface area (TPSA) is 40.6 Å². The fourth-order valence-electron chi connectivity index (χ4n) is 3.74. The van der Waals surface area contributed by atoms with Crippen molar-refractivity contribution >= 4 is 21.4 Å². The quantitative estimate of drug-likeness (QED) is 0.381. The Morgan fingerprint density at radius 1 is 0.750 bits per heavy atom. The highest BCUT2D eigenvalue weighted by Crippen LogP contribution is 2.28. The van der Waals surface area contributed by atoms with E-state index in [-0.39, 0.29) is 6.54 Å². The van der Waals surface area contributed by atoms with Gasteiger partial charge in [0.1, 0.15) is 0 Å². The largest absolute Gasteiger partial charge is 0.372 e. The third-order valence-corrected chi connectivity index (χ3v) is 7.64. The molecular weight excluding hydrogens is 416 g/mol. The van der Waals surface area contributed by atoms with Gasteiger partial charge in [0.25, 0.3) is 10.0 Å². The summed E-state index contributed by atoms with van der Waals surface area (Å²) in [5.41, 5.74) is 4.97. The first-order valence-electron chi connectivity index (χ1n) is 11.3. The Hall–Kier alpha value is -2.79. The van der Waals surface area contributed by atoms with E-state index in [4.69, 9.17) is 0 Å². The number of benzene rings is 3. The monoisotopic (exact) mass is 450 g/mol. The zero-order valence-electron chi connectivity index (χ0n) is 19.7. The molecule has 0 heterocycles. The van der Waals surface area contributed by atoms with E-state index in [1.165, 1.54) is 4.31 Å². The minimum atomic E-state index is -3.72. The molecule has 0 aliphatic rings. The highest BCUT2D eigenvalue weighted by molar-refractivity contribution is 7.92. The highest BCUT2D eigenvalue weighted by atomic mass is 32.2. The standard InChI is InChI=1S/C27H34N2O2S/c1-6-28(7-2)25-16-10-23(11-17-25)20-29(26-14-8-22(5)9-15-26)32(30,31)27-18-12-24(13-19-27)21(3)4/h8-19,21H,6-7,20H2,1-5H3. The number of sulfonamides is 1. The molecule has 0 bridgehead atoms. The number of nitrogens with zero attached hydrogens (tertiary/aromatic N) is 2. The van der Waals surface area contributed by atoms with Crippen LogP contribution in [0.2, 0.25) is 0 Å². The van der Waals surface area contributed by atoms with E-state index in [0.717, 1.165) is 35.5 Å². The Morgan fingerprint density at radius 3 is 1.78 bits per heavy atom. The summed E-state index contributed by atoms with van der Waals surface area (Å²) in [6.45, 7) is 12.6. The molecule has 5 heteroatoms. The number of rotatable bonds is 9. The molecule has 170 valence electrons. The molecule has 0 aliphatic heterocycles. The maximum Gasteiger partial charge on any atom is 0.264 e. The van der Waals surface area contributed by atoms with Gasteiger partial charge in [-0.3, -0.25) is 4.31 Å². The summed E-state index contributed by atoms with van der Waals surface area (Å²) >= 11 is 0. The lowest BCUT2D eigenvalue weighted by Gasteiger charge is -2.26. The average molecular weight is 451 g/mol. The predicted molar refractivity (Wildman–Crippen MR) is 135 cm³/mol. The number of hydrogen-bond donors (Lipinski definition) is 0. The van der Waals surface area contributed by atoms with Gasteiger partial charge in [0.05, 0.1) is 17.1 Å². The molecule has 0 fully saturated rings. The van der Waals surface area contributed by atoms with Crippen molar-refractivity contribution in [1.29, 1.82) is 0 Å². The van der Waals surface area contributed by atoms with Crippen molar-refractivity contribution in [3.8, 4) is 0 Å². The number of anilines is 2. The van der Waals surface area contributed by atoms with Gasteiger partial charge in [0.2, 0.25) is 0 Å². The number of hydrogen-bond acceptors (Lipinski definition) is 3. The fourth-order valence-corrected chi connectivity index (χ4v) is 5.20. The molecule has 0 spiro atoms. The van der Waals surface area contributed by atoms with Crippen LogP contribution in [0.25, 0.3) is 0 Å². The molecule has 3 aromatic rings. The second-order valence-corrected chi connectivity index (χ2v) is 10.3. The molecule has 0 unspecified atom stereocenters. The Morgan fingerprint density at radius 2 is 1.28 bits per heavy atom. The molecule has 0 amide bonds. The summed E-state index contributed by atoms with van der Waals surface area (Å²) in [6.07, 6.45) is 0. The van der Waals surface area contributed by atoms with Gasteiger partial charge >= 0.3 is 0 Å². The maximum atomic E-state index is 13.7. The molecule has 0 aliphatic carbocycles. The fraction of sp³-hybridized carbons (Fsp3) is 0.333. The minimum Gasteiger partial charge on any atom is -0.372 e. The lowest BCUT2D eigenvalue weighted by molar-refractivity contribution is 0.590. The van der Waals surface area contributed by atoms with Crippen molar-refractivity contribution in [3.63, 3.8) is 0 Å². The highest BCUT2D eigenvalue weighted by Gasteiger charge is 2.25. The van der Waals surface area contributed by atoms with E-state index in [1.54, 1.807) is 12.1 Å². The first-order valence-corrected chi connectivity index (χ1v) is 12.7. The molecule has 0 N–H and O–H groups in total. The first kappa shape index (κ1) is 23.9.